The Hall–Kier alpha value is -2.59. The maximum Gasteiger partial charge on any atom is 0.163 e. The lowest BCUT2D eigenvalue weighted by Gasteiger charge is -2.09. The molecule has 1 N–H and O–H groups in total. The summed E-state index contributed by atoms with van der Waals surface area (Å²) in [6, 6.07) is 15.6. The van der Waals surface area contributed by atoms with E-state index < -0.39 is 0 Å². The Bertz CT molecular complexity index is 859. The van der Waals surface area contributed by atoms with Crippen LogP contribution in [0.15, 0.2) is 54.6 Å². The molecule has 4 heteroatoms. The normalized spacial score (nSPS) is 10.9. The molecule has 0 aliphatic rings. The summed E-state index contributed by atoms with van der Waals surface area (Å²) in [5, 5.41) is 3.91. The number of fused-ring (bicyclic) bond motifs is 1. The van der Waals surface area contributed by atoms with Gasteiger partial charge in [-0.1, -0.05) is 18.2 Å². The van der Waals surface area contributed by atoms with E-state index in [0.29, 0.717) is 17.7 Å². The number of pyridine rings is 1. The van der Waals surface area contributed by atoms with E-state index in [1.54, 1.807) is 12.1 Å². The van der Waals surface area contributed by atoms with Crippen LogP contribution in [0.1, 0.15) is 23.2 Å². The van der Waals surface area contributed by atoms with E-state index in [1.807, 2.05) is 37.4 Å². The maximum absolute atomic E-state index is 13.2. The second-order valence-electron chi connectivity index (χ2n) is 5.71. The Balaban J connectivity index is 2.05. The van der Waals surface area contributed by atoms with Crippen molar-refractivity contribution in [1.29, 1.82) is 0 Å². The molecule has 122 valence electrons. The minimum Gasteiger partial charge on any atom is -0.320 e. The maximum atomic E-state index is 13.2. The molecule has 0 radical (unpaired) electrons. The number of benzene rings is 2. The van der Waals surface area contributed by atoms with Gasteiger partial charge in [0.15, 0.2) is 5.78 Å². The second-order valence-corrected chi connectivity index (χ2v) is 5.71. The van der Waals surface area contributed by atoms with Crippen LogP contribution in [0.3, 0.4) is 0 Å². The molecule has 3 aromatic rings. The summed E-state index contributed by atoms with van der Waals surface area (Å²) in [7, 11) is 1.87. The van der Waals surface area contributed by atoms with Gasteiger partial charge in [0, 0.05) is 22.9 Å². The van der Waals surface area contributed by atoms with Crippen LogP contribution in [-0.4, -0.2) is 24.4 Å². The van der Waals surface area contributed by atoms with E-state index in [4.69, 9.17) is 0 Å². The molecule has 0 bridgehead atoms. The van der Waals surface area contributed by atoms with Crippen molar-refractivity contribution in [2.75, 3.05) is 13.6 Å². The van der Waals surface area contributed by atoms with Crippen molar-refractivity contribution in [1.82, 2.24) is 10.3 Å². The van der Waals surface area contributed by atoms with Crippen LogP contribution in [0.4, 0.5) is 4.39 Å². The summed E-state index contributed by atoms with van der Waals surface area (Å²) >= 11 is 0. The molecule has 1 heterocycles. The summed E-state index contributed by atoms with van der Waals surface area (Å²) < 4.78 is 13.2. The Morgan fingerprint density at radius 1 is 1.12 bits per heavy atom. The van der Waals surface area contributed by atoms with Gasteiger partial charge in [0.05, 0.1) is 11.2 Å². The number of nitrogens with zero attached hydrogens (tertiary/aromatic N) is 1. The summed E-state index contributed by atoms with van der Waals surface area (Å²) in [6.45, 7) is 0.805. The van der Waals surface area contributed by atoms with E-state index in [9.17, 15) is 9.18 Å². The molecular formula is C20H19FN2O. The van der Waals surface area contributed by atoms with E-state index in [0.717, 1.165) is 29.4 Å². The van der Waals surface area contributed by atoms with Gasteiger partial charge in [0.2, 0.25) is 0 Å². The van der Waals surface area contributed by atoms with Gasteiger partial charge in [-0.25, -0.2) is 9.37 Å². The highest BCUT2D eigenvalue weighted by molar-refractivity contribution is 6.08. The van der Waals surface area contributed by atoms with Crippen LogP contribution in [0.5, 0.6) is 0 Å². The van der Waals surface area contributed by atoms with Gasteiger partial charge >= 0.3 is 0 Å². The molecule has 0 unspecified atom stereocenters. The van der Waals surface area contributed by atoms with Crippen molar-refractivity contribution < 1.29 is 9.18 Å². The zero-order valence-corrected chi connectivity index (χ0v) is 13.6. The van der Waals surface area contributed by atoms with Gasteiger partial charge in [-0.2, -0.15) is 0 Å². The van der Waals surface area contributed by atoms with Crippen LogP contribution in [0.2, 0.25) is 0 Å². The minimum absolute atomic E-state index is 0.104. The number of hydrogen-bond donors (Lipinski definition) is 1. The first-order chi connectivity index (χ1) is 11.7. The average molecular weight is 322 g/mol. The fraction of sp³-hybridized carbons (Fsp3) is 0.200. The Labute approximate surface area is 140 Å². The first kappa shape index (κ1) is 16.3. The molecule has 0 fully saturated rings. The average Bonchev–Trinajstić information content (AvgIpc) is 2.61. The van der Waals surface area contributed by atoms with Crippen LogP contribution >= 0.6 is 0 Å². The molecule has 3 nitrogen and oxygen atoms in total. The summed E-state index contributed by atoms with van der Waals surface area (Å²) in [5.41, 5.74) is 2.93. The van der Waals surface area contributed by atoms with E-state index in [1.165, 1.54) is 12.1 Å². The van der Waals surface area contributed by atoms with Crippen molar-refractivity contribution in [2.24, 2.45) is 0 Å². The van der Waals surface area contributed by atoms with Crippen molar-refractivity contribution in [3.05, 3.63) is 66.0 Å². The molecule has 24 heavy (non-hydrogen) atoms. The number of ketones is 1. The lowest BCUT2D eigenvalue weighted by Crippen LogP contribution is -2.10. The summed E-state index contributed by atoms with van der Waals surface area (Å²) in [5.74, 6) is -0.185. The largest absolute Gasteiger partial charge is 0.320 e. The van der Waals surface area contributed by atoms with Crippen LogP contribution in [-0.2, 0) is 0 Å². The highest BCUT2D eigenvalue weighted by Crippen LogP contribution is 2.26. The Morgan fingerprint density at radius 3 is 2.62 bits per heavy atom. The van der Waals surface area contributed by atoms with Crippen molar-refractivity contribution in [3.8, 4) is 11.3 Å². The Kier molecular flexibility index (Phi) is 4.96. The van der Waals surface area contributed by atoms with Gasteiger partial charge in [-0.3, -0.25) is 4.79 Å². The monoisotopic (exact) mass is 322 g/mol. The summed E-state index contributed by atoms with van der Waals surface area (Å²) in [6.07, 6.45) is 1.27. The lowest BCUT2D eigenvalue weighted by atomic mass is 9.99. The van der Waals surface area contributed by atoms with Crippen molar-refractivity contribution >= 4 is 16.7 Å². The zero-order valence-electron chi connectivity index (χ0n) is 13.6. The number of Topliss-reactive ketones (excluding diaryl/α,β-unsaturated/α-hetero) is 1. The predicted molar refractivity (Wildman–Crippen MR) is 94.6 cm³/mol. The van der Waals surface area contributed by atoms with Gasteiger partial charge in [0.25, 0.3) is 0 Å². The number of carbonyl (C=O) groups is 1. The fourth-order valence-electron chi connectivity index (χ4n) is 2.74. The standard InChI is InChI=1S/C20H19FN2O/c1-22-12-4-7-20(24)17-13-19(14-8-10-15(21)11-9-14)23-18-6-3-2-5-16(17)18/h2-3,5-6,8-11,13,22H,4,7,12H2,1H3. The first-order valence-corrected chi connectivity index (χ1v) is 8.02. The molecule has 0 aliphatic carbocycles. The molecule has 0 spiro atoms. The number of rotatable bonds is 6. The predicted octanol–water partition coefficient (Wildman–Crippen LogP) is 4.22. The molecule has 0 atom stereocenters. The fourth-order valence-corrected chi connectivity index (χ4v) is 2.74. The molecule has 2 aromatic carbocycles. The smallest absolute Gasteiger partial charge is 0.163 e. The third-order valence-corrected chi connectivity index (χ3v) is 3.99. The van der Waals surface area contributed by atoms with E-state index in [-0.39, 0.29) is 11.6 Å². The zero-order chi connectivity index (χ0) is 16.9. The number of para-hydroxylation sites is 1. The minimum atomic E-state index is -0.289. The molecule has 0 aliphatic heterocycles. The van der Waals surface area contributed by atoms with Crippen LogP contribution < -0.4 is 5.32 Å². The van der Waals surface area contributed by atoms with E-state index >= 15 is 0 Å². The first-order valence-electron chi connectivity index (χ1n) is 8.02. The van der Waals surface area contributed by atoms with Crippen LogP contribution in [0, 0.1) is 5.82 Å². The molecule has 1 aromatic heterocycles. The SMILES string of the molecule is CNCCCC(=O)c1cc(-c2ccc(F)cc2)nc2ccccc12. The van der Waals surface area contributed by atoms with Gasteiger partial charge in [-0.05, 0) is 56.4 Å². The molecule has 0 saturated carbocycles. The molecule has 0 amide bonds. The molecule has 0 saturated heterocycles. The third kappa shape index (κ3) is 3.49. The second kappa shape index (κ2) is 7.32. The number of carbonyl (C=O) groups excluding carboxylic acids is 1. The summed E-state index contributed by atoms with van der Waals surface area (Å²) in [4.78, 5) is 17.3. The van der Waals surface area contributed by atoms with Crippen molar-refractivity contribution in [2.45, 2.75) is 12.8 Å². The highest BCUT2D eigenvalue weighted by Gasteiger charge is 2.13. The van der Waals surface area contributed by atoms with E-state index in [2.05, 4.69) is 10.3 Å². The van der Waals surface area contributed by atoms with Gasteiger partial charge in [0.1, 0.15) is 5.82 Å². The molecule has 3 rings (SSSR count). The van der Waals surface area contributed by atoms with Crippen molar-refractivity contribution in [3.63, 3.8) is 0 Å². The number of aromatic nitrogens is 1. The quantitative estimate of drug-likeness (QED) is 0.546. The Morgan fingerprint density at radius 2 is 1.88 bits per heavy atom. The van der Waals surface area contributed by atoms with Gasteiger partial charge < -0.3 is 5.32 Å². The van der Waals surface area contributed by atoms with Crippen LogP contribution in [0.25, 0.3) is 22.2 Å². The number of nitrogens with one attached hydrogen (secondary N) is 1. The third-order valence-electron chi connectivity index (χ3n) is 3.99. The number of halogens is 1. The highest BCUT2D eigenvalue weighted by atomic mass is 19.1. The molecular weight excluding hydrogens is 303 g/mol. The lowest BCUT2D eigenvalue weighted by molar-refractivity contribution is 0.0982. The topological polar surface area (TPSA) is 42.0 Å². The number of hydrogen-bond acceptors (Lipinski definition) is 3. The van der Waals surface area contributed by atoms with Gasteiger partial charge in [-0.15, -0.1) is 0 Å².